The molecule has 0 fully saturated rings. The zero-order valence-electron chi connectivity index (χ0n) is 12.0. The Morgan fingerprint density at radius 2 is 1.10 bits per heavy atom. The van der Waals surface area contributed by atoms with Gasteiger partial charge in [0.15, 0.2) is 0 Å². The fourth-order valence-electron chi connectivity index (χ4n) is 1.72. The monoisotopic (exact) mass is 272 g/mol. The molecule has 0 aliphatic carbocycles. The Labute approximate surface area is 119 Å². The largest absolute Gasteiger partial charge is 0.452 e. The first-order chi connectivity index (χ1) is 9.54. The lowest BCUT2D eigenvalue weighted by atomic mass is 10.2. The van der Waals surface area contributed by atoms with Crippen LogP contribution in [0.5, 0.6) is 11.5 Å². The normalized spacial score (nSPS) is 12.2. The van der Waals surface area contributed by atoms with Crippen LogP contribution in [0.25, 0.3) is 0 Å². The zero-order chi connectivity index (χ0) is 14.5. The van der Waals surface area contributed by atoms with Gasteiger partial charge in [0.1, 0.15) is 17.6 Å². The molecule has 0 radical (unpaired) electrons. The van der Waals surface area contributed by atoms with Crippen LogP contribution in [-0.4, -0.2) is 17.5 Å². The van der Waals surface area contributed by atoms with Gasteiger partial charge >= 0.3 is 0 Å². The second kappa shape index (κ2) is 6.44. The van der Waals surface area contributed by atoms with Gasteiger partial charge in [-0.1, -0.05) is 35.4 Å². The SMILES string of the molecule is Cc1ccc(OC(Oc2ccc(C)cc2)C(C)O)cc1. The molecule has 1 N–H and O–H groups in total. The summed E-state index contributed by atoms with van der Waals surface area (Å²) in [5.74, 6) is 1.35. The minimum Gasteiger partial charge on any atom is -0.452 e. The molecule has 0 bridgehead atoms. The second-order valence-corrected chi connectivity index (χ2v) is 4.97. The van der Waals surface area contributed by atoms with E-state index in [1.807, 2.05) is 62.4 Å². The molecular formula is C17H20O3. The molecule has 0 aliphatic rings. The van der Waals surface area contributed by atoms with Gasteiger partial charge in [0.05, 0.1) is 0 Å². The molecule has 3 nitrogen and oxygen atoms in total. The molecule has 1 atom stereocenters. The lowest BCUT2D eigenvalue weighted by Gasteiger charge is -2.23. The van der Waals surface area contributed by atoms with Crippen LogP contribution in [0.3, 0.4) is 0 Å². The average Bonchev–Trinajstić information content (AvgIpc) is 2.42. The molecular weight excluding hydrogens is 252 g/mol. The topological polar surface area (TPSA) is 38.7 Å². The molecule has 0 heterocycles. The van der Waals surface area contributed by atoms with Crippen LogP contribution in [0.1, 0.15) is 18.1 Å². The van der Waals surface area contributed by atoms with E-state index in [-0.39, 0.29) is 0 Å². The highest BCUT2D eigenvalue weighted by Gasteiger charge is 2.18. The van der Waals surface area contributed by atoms with Crippen LogP contribution < -0.4 is 9.47 Å². The molecule has 2 aromatic carbocycles. The minimum atomic E-state index is -0.738. The third-order valence-electron chi connectivity index (χ3n) is 2.94. The van der Waals surface area contributed by atoms with Gasteiger partial charge in [-0.2, -0.15) is 0 Å². The molecule has 0 spiro atoms. The van der Waals surface area contributed by atoms with E-state index < -0.39 is 12.4 Å². The summed E-state index contributed by atoms with van der Waals surface area (Å²) in [5.41, 5.74) is 2.32. The van der Waals surface area contributed by atoms with Crippen molar-refractivity contribution in [3.05, 3.63) is 59.7 Å². The lowest BCUT2D eigenvalue weighted by molar-refractivity contribution is -0.0778. The van der Waals surface area contributed by atoms with Gasteiger partial charge in [-0.25, -0.2) is 0 Å². The predicted molar refractivity (Wildman–Crippen MR) is 79.1 cm³/mol. The Morgan fingerprint density at radius 1 is 0.750 bits per heavy atom. The molecule has 2 rings (SSSR count). The van der Waals surface area contributed by atoms with Gasteiger partial charge in [-0.15, -0.1) is 0 Å². The summed E-state index contributed by atoms with van der Waals surface area (Å²) in [6.45, 7) is 5.67. The fourth-order valence-corrected chi connectivity index (χ4v) is 1.72. The molecule has 0 aliphatic heterocycles. The van der Waals surface area contributed by atoms with Crippen molar-refractivity contribution < 1.29 is 14.6 Å². The maximum atomic E-state index is 9.79. The van der Waals surface area contributed by atoms with Gasteiger partial charge < -0.3 is 14.6 Å². The highest BCUT2D eigenvalue weighted by Crippen LogP contribution is 2.19. The number of ether oxygens (including phenoxy) is 2. The number of aliphatic hydroxyl groups is 1. The van der Waals surface area contributed by atoms with Crippen molar-refractivity contribution in [3.63, 3.8) is 0 Å². The van der Waals surface area contributed by atoms with E-state index >= 15 is 0 Å². The van der Waals surface area contributed by atoms with Crippen LogP contribution in [0.4, 0.5) is 0 Å². The number of rotatable bonds is 5. The predicted octanol–water partition coefficient (Wildman–Crippen LogP) is 3.47. The summed E-state index contributed by atoms with van der Waals surface area (Å²) >= 11 is 0. The molecule has 3 heteroatoms. The molecule has 0 amide bonds. The van der Waals surface area contributed by atoms with Crippen molar-refractivity contribution in [1.29, 1.82) is 0 Å². The van der Waals surface area contributed by atoms with Crippen LogP contribution in [0, 0.1) is 13.8 Å². The van der Waals surface area contributed by atoms with Crippen LogP contribution in [0.2, 0.25) is 0 Å². The summed E-state index contributed by atoms with van der Waals surface area (Å²) in [4.78, 5) is 0. The zero-order valence-corrected chi connectivity index (χ0v) is 12.0. The fraction of sp³-hybridized carbons (Fsp3) is 0.294. The van der Waals surface area contributed by atoms with Gasteiger partial charge in [-0.3, -0.25) is 0 Å². The Kier molecular flexibility index (Phi) is 4.64. The second-order valence-electron chi connectivity index (χ2n) is 4.97. The van der Waals surface area contributed by atoms with Crippen molar-refractivity contribution in [2.24, 2.45) is 0 Å². The molecule has 0 aromatic heterocycles. The van der Waals surface area contributed by atoms with Gasteiger partial charge in [-0.05, 0) is 45.0 Å². The minimum absolute atomic E-state index is 0.675. The van der Waals surface area contributed by atoms with Crippen molar-refractivity contribution in [2.75, 3.05) is 0 Å². The van der Waals surface area contributed by atoms with Gasteiger partial charge in [0, 0.05) is 0 Å². The highest BCUT2D eigenvalue weighted by atomic mass is 16.7. The Bertz CT molecular complexity index is 482. The third-order valence-corrected chi connectivity index (χ3v) is 2.94. The molecule has 1 unspecified atom stereocenters. The van der Waals surface area contributed by atoms with Crippen molar-refractivity contribution in [1.82, 2.24) is 0 Å². The quantitative estimate of drug-likeness (QED) is 0.847. The average molecular weight is 272 g/mol. The molecule has 20 heavy (non-hydrogen) atoms. The summed E-state index contributed by atoms with van der Waals surface area (Å²) in [7, 11) is 0. The smallest absolute Gasteiger partial charge is 0.266 e. The number of benzene rings is 2. The van der Waals surface area contributed by atoms with E-state index in [9.17, 15) is 5.11 Å². The van der Waals surface area contributed by atoms with Crippen LogP contribution in [-0.2, 0) is 0 Å². The van der Waals surface area contributed by atoms with E-state index in [0.717, 1.165) is 11.1 Å². The van der Waals surface area contributed by atoms with Crippen molar-refractivity contribution in [3.8, 4) is 11.5 Å². The molecule has 106 valence electrons. The first kappa shape index (κ1) is 14.4. The van der Waals surface area contributed by atoms with Crippen molar-refractivity contribution in [2.45, 2.75) is 33.2 Å². The Balaban J connectivity index is 2.07. The summed E-state index contributed by atoms with van der Waals surface area (Å²) < 4.78 is 11.4. The maximum absolute atomic E-state index is 9.79. The number of aliphatic hydroxyl groups excluding tert-OH is 1. The number of hydrogen-bond donors (Lipinski definition) is 1. The Morgan fingerprint density at radius 3 is 1.40 bits per heavy atom. The third kappa shape index (κ3) is 4.00. The van der Waals surface area contributed by atoms with E-state index in [2.05, 4.69) is 0 Å². The maximum Gasteiger partial charge on any atom is 0.266 e. The van der Waals surface area contributed by atoms with E-state index in [0.29, 0.717) is 11.5 Å². The van der Waals surface area contributed by atoms with Gasteiger partial charge in [0.25, 0.3) is 6.29 Å². The lowest BCUT2D eigenvalue weighted by Crippen LogP contribution is -2.35. The summed E-state index contributed by atoms with van der Waals surface area (Å²) in [6.07, 6.45) is -1.47. The Hall–Kier alpha value is -2.00. The van der Waals surface area contributed by atoms with E-state index in [1.54, 1.807) is 6.92 Å². The van der Waals surface area contributed by atoms with Crippen LogP contribution >= 0.6 is 0 Å². The van der Waals surface area contributed by atoms with Crippen molar-refractivity contribution >= 4 is 0 Å². The van der Waals surface area contributed by atoms with E-state index in [1.165, 1.54) is 0 Å². The van der Waals surface area contributed by atoms with Crippen LogP contribution in [0.15, 0.2) is 48.5 Å². The highest BCUT2D eigenvalue weighted by molar-refractivity contribution is 5.28. The van der Waals surface area contributed by atoms with Gasteiger partial charge in [0.2, 0.25) is 0 Å². The number of hydrogen-bond acceptors (Lipinski definition) is 3. The summed E-state index contributed by atoms with van der Waals surface area (Å²) in [5, 5.41) is 9.79. The number of aryl methyl sites for hydroxylation is 2. The first-order valence-electron chi connectivity index (χ1n) is 6.69. The molecule has 0 saturated carbocycles. The molecule has 0 saturated heterocycles. The van der Waals surface area contributed by atoms with E-state index in [4.69, 9.17) is 9.47 Å². The molecule has 2 aromatic rings. The summed E-state index contributed by atoms with van der Waals surface area (Å²) in [6, 6.07) is 15.3. The first-order valence-corrected chi connectivity index (χ1v) is 6.69. The standard InChI is InChI=1S/C17H20O3/c1-12-4-8-15(9-5-12)19-17(14(3)18)20-16-10-6-13(2)7-11-16/h4-11,14,17-18H,1-3H3.